The Hall–Kier alpha value is -1.65. The van der Waals surface area contributed by atoms with Crippen molar-refractivity contribution in [3.05, 3.63) is 35.4 Å². The first-order valence-corrected chi connectivity index (χ1v) is 5.51. The Balaban J connectivity index is 2.62. The predicted molar refractivity (Wildman–Crippen MR) is 58.3 cm³/mol. The second-order valence-corrected chi connectivity index (χ2v) is 4.45. The number of aryl methyl sites for hydroxylation is 1. The average molecular weight is 256 g/mol. The maximum absolute atomic E-state index is 13.1. The number of halogens is 3. The van der Waals surface area contributed by atoms with E-state index in [0.29, 0.717) is 5.56 Å². The molecule has 1 unspecified atom stereocenters. The Morgan fingerprint density at radius 2 is 1.89 bits per heavy atom. The van der Waals surface area contributed by atoms with E-state index in [4.69, 9.17) is 0 Å². The lowest BCUT2D eigenvalue weighted by atomic mass is 9.67. The lowest BCUT2D eigenvalue weighted by molar-refractivity contribution is -0.205. The highest BCUT2D eigenvalue weighted by atomic mass is 19.4. The van der Waals surface area contributed by atoms with Gasteiger partial charge in [0.05, 0.1) is 0 Å². The maximum atomic E-state index is 13.1. The first-order valence-electron chi connectivity index (χ1n) is 5.51. The Bertz CT molecular complexity index is 519. The van der Waals surface area contributed by atoms with Crippen molar-refractivity contribution in [2.24, 2.45) is 5.41 Å². The minimum atomic E-state index is -4.84. The van der Waals surface area contributed by atoms with E-state index in [9.17, 15) is 22.8 Å². The first kappa shape index (κ1) is 12.8. The third-order valence-electron chi connectivity index (χ3n) is 3.50. The molecule has 2 rings (SSSR count). The van der Waals surface area contributed by atoms with Gasteiger partial charge >= 0.3 is 6.18 Å². The normalized spacial score (nSPS) is 23.7. The second kappa shape index (κ2) is 3.93. The van der Waals surface area contributed by atoms with Crippen LogP contribution in [0.2, 0.25) is 0 Å². The fourth-order valence-corrected chi connectivity index (χ4v) is 2.43. The van der Waals surface area contributed by atoms with E-state index in [1.165, 1.54) is 12.1 Å². The van der Waals surface area contributed by atoms with E-state index < -0.39 is 29.6 Å². The molecule has 1 aromatic rings. The molecule has 1 aliphatic carbocycles. The lowest BCUT2D eigenvalue weighted by Gasteiger charge is -2.35. The molecule has 0 radical (unpaired) electrons. The van der Waals surface area contributed by atoms with E-state index in [1.807, 2.05) is 0 Å². The molecule has 0 aliphatic heterocycles. The summed E-state index contributed by atoms with van der Waals surface area (Å²) >= 11 is 0. The van der Waals surface area contributed by atoms with Crippen LogP contribution in [0.25, 0.3) is 0 Å². The highest BCUT2D eigenvalue weighted by Gasteiger charge is 2.64. The summed E-state index contributed by atoms with van der Waals surface area (Å²) in [4.78, 5) is 23.5. The van der Waals surface area contributed by atoms with Crippen molar-refractivity contribution in [2.75, 3.05) is 0 Å². The number of fused-ring (bicyclic) bond motifs is 1. The van der Waals surface area contributed by atoms with E-state index in [1.54, 1.807) is 12.1 Å². The van der Waals surface area contributed by atoms with Crippen LogP contribution in [-0.4, -0.2) is 17.7 Å². The molecule has 0 aromatic heterocycles. The Morgan fingerprint density at radius 1 is 1.28 bits per heavy atom. The lowest BCUT2D eigenvalue weighted by Crippen LogP contribution is -2.52. The number of hydrogen-bond acceptors (Lipinski definition) is 2. The molecule has 0 heterocycles. The van der Waals surface area contributed by atoms with Gasteiger partial charge < -0.3 is 0 Å². The molecule has 0 spiro atoms. The molecule has 1 atom stereocenters. The van der Waals surface area contributed by atoms with Gasteiger partial charge in [-0.25, -0.2) is 0 Å². The van der Waals surface area contributed by atoms with E-state index in [2.05, 4.69) is 0 Å². The predicted octanol–water partition coefficient (Wildman–Crippen LogP) is 2.95. The van der Waals surface area contributed by atoms with Crippen LogP contribution in [0.4, 0.5) is 13.2 Å². The average Bonchev–Trinajstić information content (AvgIpc) is 2.28. The molecular formula is C13H11F3O2. The molecular weight excluding hydrogens is 245 g/mol. The number of ketones is 2. The second-order valence-electron chi connectivity index (χ2n) is 4.45. The number of benzene rings is 1. The summed E-state index contributed by atoms with van der Waals surface area (Å²) in [6.07, 6.45) is -5.26. The highest BCUT2D eigenvalue weighted by Crippen LogP contribution is 2.48. The number of carbonyl (C=O) groups is 2. The summed E-state index contributed by atoms with van der Waals surface area (Å²) in [6.45, 7) is 0.833. The largest absolute Gasteiger partial charge is 0.408 e. The number of carbonyl (C=O) groups excluding carboxylic acids is 2. The highest BCUT2D eigenvalue weighted by molar-refractivity contribution is 6.16. The monoisotopic (exact) mass is 256 g/mol. The summed E-state index contributed by atoms with van der Waals surface area (Å²) in [5.74, 6) is -2.25. The van der Waals surface area contributed by atoms with Crippen LogP contribution in [0.1, 0.15) is 29.3 Å². The molecule has 18 heavy (non-hydrogen) atoms. The molecule has 5 heteroatoms. The van der Waals surface area contributed by atoms with Crippen LogP contribution in [0.3, 0.4) is 0 Å². The van der Waals surface area contributed by atoms with Crippen molar-refractivity contribution in [3.8, 4) is 0 Å². The van der Waals surface area contributed by atoms with Crippen molar-refractivity contribution in [1.29, 1.82) is 0 Å². The van der Waals surface area contributed by atoms with Crippen LogP contribution in [0.15, 0.2) is 24.3 Å². The molecule has 1 aromatic carbocycles. The third-order valence-corrected chi connectivity index (χ3v) is 3.50. The molecule has 0 fully saturated rings. The van der Waals surface area contributed by atoms with Gasteiger partial charge in [-0.1, -0.05) is 24.3 Å². The van der Waals surface area contributed by atoms with Gasteiger partial charge in [-0.3, -0.25) is 9.59 Å². The number of hydrogen-bond donors (Lipinski definition) is 0. The van der Waals surface area contributed by atoms with Crippen LogP contribution in [-0.2, 0) is 11.2 Å². The topological polar surface area (TPSA) is 34.1 Å². The standard InChI is InChI=1S/C13H11F3O2/c1-8(17)12(13(14,15)16)7-6-9-4-2-3-5-10(9)11(12)18/h2-5H,6-7H2,1H3. The summed E-state index contributed by atoms with van der Waals surface area (Å²) < 4.78 is 39.4. The SMILES string of the molecule is CC(=O)C1(C(F)(F)F)CCc2ccccc2C1=O. The van der Waals surface area contributed by atoms with Gasteiger partial charge in [0.15, 0.2) is 17.0 Å². The van der Waals surface area contributed by atoms with Crippen LogP contribution < -0.4 is 0 Å². The van der Waals surface area contributed by atoms with Crippen LogP contribution >= 0.6 is 0 Å². The Morgan fingerprint density at radius 3 is 2.44 bits per heavy atom. The summed E-state index contributed by atoms with van der Waals surface area (Å²) in [5, 5.41) is 0. The smallest absolute Gasteiger partial charge is 0.299 e. The van der Waals surface area contributed by atoms with Crippen molar-refractivity contribution in [1.82, 2.24) is 0 Å². The van der Waals surface area contributed by atoms with Gasteiger partial charge in [-0.15, -0.1) is 0 Å². The minimum absolute atomic E-state index is 0.0104. The quantitative estimate of drug-likeness (QED) is 0.724. The summed E-state index contributed by atoms with van der Waals surface area (Å²) in [6, 6.07) is 6.14. The van der Waals surface area contributed by atoms with Crippen LogP contribution in [0.5, 0.6) is 0 Å². The molecule has 1 aliphatic rings. The minimum Gasteiger partial charge on any atom is -0.299 e. The zero-order chi connectivity index (χ0) is 13.6. The van der Waals surface area contributed by atoms with Crippen LogP contribution in [0, 0.1) is 5.41 Å². The molecule has 0 saturated heterocycles. The molecule has 2 nitrogen and oxygen atoms in total. The van der Waals surface area contributed by atoms with Gasteiger partial charge in [0, 0.05) is 5.56 Å². The van der Waals surface area contributed by atoms with Gasteiger partial charge in [0.25, 0.3) is 0 Å². The van der Waals surface area contributed by atoms with Crippen molar-refractivity contribution in [3.63, 3.8) is 0 Å². The van der Waals surface area contributed by atoms with E-state index in [0.717, 1.165) is 6.92 Å². The third kappa shape index (κ3) is 1.57. The maximum Gasteiger partial charge on any atom is 0.408 e. The molecule has 96 valence electrons. The van der Waals surface area contributed by atoms with E-state index >= 15 is 0 Å². The fourth-order valence-electron chi connectivity index (χ4n) is 2.43. The molecule has 0 N–H and O–H groups in total. The number of alkyl halides is 3. The van der Waals surface area contributed by atoms with Gasteiger partial charge in [0.1, 0.15) is 0 Å². The molecule has 0 bridgehead atoms. The van der Waals surface area contributed by atoms with Gasteiger partial charge in [-0.2, -0.15) is 13.2 Å². The summed E-state index contributed by atoms with van der Waals surface area (Å²) in [5.41, 5.74) is -2.28. The Labute approximate surface area is 102 Å². The zero-order valence-corrected chi connectivity index (χ0v) is 9.67. The van der Waals surface area contributed by atoms with Gasteiger partial charge in [0.2, 0.25) is 0 Å². The van der Waals surface area contributed by atoms with Crippen molar-refractivity contribution >= 4 is 11.6 Å². The van der Waals surface area contributed by atoms with Crippen molar-refractivity contribution in [2.45, 2.75) is 25.9 Å². The molecule has 0 saturated carbocycles. The van der Waals surface area contributed by atoms with Crippen molar-refractivity contribution < 1.29 is 22.8 Å². The fraction of sp³-hybridized carbons (Fsp3) is 0.385. The molecule has 0 amide bonds. The first-order chi connectivity index (χ1) is 8.30. The Kier molecular flexibility index (Phi) is 2.80. The number of Topliss-reactive ketones (excluding diaryl/α,β-unsaturated/α-hetero) is 2. The number of rotatable bonds is 1. The van der Waals surface area contributed by atoms with Gasteiger partial charge in [-0.05, 0) is 25.3 Å². The summed E-state index contributed by atoms with van der Waals surface area (Å²) in [7, 11) is 0. The zero-order valence-electron chi connectivity index (χ0n) is 9.67. The van der Waals surface area contributed by atoms with E-state index in [-0.39, 0.29) is 12.0 Å².